The molecule has 0 bridgehead atoms. The first-order valence-electron chi connectivity index (χ1n) is 11.7. The normalized spacial score (nSPS) is 21.8. The third-order valence-corrected chi connectivity index (χ3v) is 6.71. The molecule has 0 spiro atoms. The highest BCUT2D eigenvalue weighted by molar-refractivity contribution is 6.45. The van der Waals surface area contributed by atoms with Crippen LogP contribution in [0.1, 0.15) is 62.3 Å². The summed E-state index contributed by atoms with van der Waals surface area (Å²) >= 11 is 0. The highest BCUT2D eigenvalue weighted by Gasteiger charge is 2.44. The molecular formula is C28H34N2O2. The molecule has 0 aromatic heterocycles. The third-order valence-electron chi connectivity index (χ3n) is 6.71. The van der Waals surface area contributed by atoms with Crippen LogP contribution < -0.4 is 4.90 Å². The van der Waals surface area contributed by atoms with Gasteiger partial charge in [0.15, 0.2) is 0 Å². The average Bonchev–Trinajstić information content (AvgIpc) is 2.97. The van der Waals surface area contributed by atoms with E-state index in [2.05, 4.69) is 38.7 Å². The van der Waals surface area contributed by atoms with Crippen LogP contribution in [0.25, 0.3) is 5.57 Å². The van der Waals surface area contributed by atoms with Crippen molar-refractivity contribution in [1.82, 2.24) is 4.90 Å². The van der Waals surface area contributed by atoms with Crippen molar-refractivity contribution in [1.29, 1.82) is 0 Å². The standard InChI is InChI=1S/C28H34N2O2/c1-17(2)22-8-10-23(11-9-22)30-27(31)25(24-12-7-18(3)14-21(24)6)26(28(30)32)29-15-19(4)13-20(5)16-29/h7-12,14,17,19-20H,13,15-16H2,1-6H3. The van der Waals surface area contributed by atoms with Gasteiger partial charge < -0.3 is 4.90 Å². The van der Waals surface area contributed by atoms with Crippen molar-refractivity contribution in [3.8, 4) is 0 Å². The Labute approximate surface area is 191 Å². The molecule has 2 aromatic rings. The quantitative estimate of drug-likeness (QED) is 0.585. The van der Waals surface area contributed by atoms with Gasteiger partial charge in [0.25, 0.3) is 11.8 Å². The number of benzene rings is 2. The van der Waals surface area contributed by atoms with Crippen molar-refractivity contribution in [3.63, 3.8) is 0 Å². The number of imide groups is 1. The fraction of sp³-hybridized carbons (Fsp3) is 0.429. The van der Waals surface area contributed by atoms with Gasteiger partial charge >= 0.3 is 0 Å². The molecule has 2 atom stereocenters. The number of nitrogens with zero attached hydrogens (tertiary/aromatic N) is 2. The Kier molecular flexibility index (Phi) is 5.98. The van der Waals surface area contributed by atoms with E-state index in [1.807, 2.05) is 50.2 Å². The number of anilines is 1. The number of carbonyl (C=O) groups excluding carboxylic acids is 2. The number of rotatable bonds is 4. The molecule has 2 unspecified atom stereocenters. The van der Waals surface area contributed by atoms with E-state index < -0.39 is 0 Å². The summed E-state index contributed by atoms with van der Waals surface area (Å²) in [4.78, 5) is 31.2. The molecule has 1 saturated heterocycles. The van der Waals surface area contributed by atoms with Crippen molar-refractivity contribution in [2.45, 2.75) is 53.9 Å². The van der Waals surface area contributed by atoms with Gasteiger partial charge in [-0.2, -0.15) is 0 Å². The summed E-state index contributed by atoms with van der Waals surface area (Å²) in [6.45, 7) is 14.4. The zero-order chi connectivity index (χ0) is 23.2. The molecule has 0 N–H and O–H groups in total. The third kappa shape index (κ3) is 3.99. The summed E-state index contributed by atoms with van der Waals surface area (Å²) in [6, 6.07) is 13.9. The lowest BCUT2D eigenvalue weighted by molar-refractivity contribution is -0.120. The summed E-state index contributed by atoms with van der Waals surface area (Å²) in [6.07, 6.45) is 1.14. The first kappa shape index (κ1) is 22.3. The minimum absolute atomic E-state index is 0.205. The van der Waals surface area contributed by atoms with Crippen molar-refractivity contribution in [2.75, 3.05) is 18.0 Å². The van der Waals surface area contributed by atoms with Crippen LogP contribution in [0.5, 0.6) is 0 Å². The predicted molar refractivity (Wildman–Crippen MR) is 130 cm³/mol. The van der Waals surface area contributed by atoms with E-state index in [9.17, 15) is 9.59 Å². The Hall–Kier alpha value is -2.88. The van der Waals surface area contributed by atoms with E-state index >= 15 is 0 Å². The monoisotopic (exact) mass is 430 g/mol. The van der Waals surface area contributed by atoms with Crippen LogP contribution in [0.3, 0.4) is 0 Å². The maximum absolute atomic E-state index is 13.8. The minimum atomic E-state index is -0.222. The number of aryl methyl sites for hydroxylation is 2. The molecule has 4 heteroatoms. The second-order valence-corrected chi connectivity index (χ2v) is 10.1. The van der Waals surface area contributed by atoms with Crippen molar-refractivity contribution in [2.24, 2.45) is 11.8 Å². The lowest BCUT2D eigenvalue weighted by atomic mass is 9.90. The van der Waals surface area contributed by atoms with Gasteiger partial charge in [0, 0.05) is 13.1 Å². The molecule has 2 amide bonds. The summed E-state index contributed by atoms with van der Waals surface area (Å²) in [5, 5.41) is 0. The Balaban J connectivity index is 1.83. The number of hydrogen-bond donors (Lipinski definition) is 0. The first-order chi connectivity index (χ1) is 15.2. The highest BCUT2D eigenvalue weighted by Crippen LogP contribution is 2.38. The Morgan fingerprint density at radius 3 is 2.06 bits per heavy atom. The predicted octanol–water partition coefficient (Wildman–Crippen LogP) is 5.69. The van der Waals surface area contributed by atoms with Crippen LogP contribution in [0, 0.1) is 25.7 Å². The zero-order valence-corrected chi connectivity index (χ0v) is 20.1. The first-order valence-corrected chi connectivity index (χ1v) is 11.7. The van der Waals surface area contributed by atoms with E-state index in [4.69, 9.17) is 0 Å². The molecule has 0 aliphatic carbocycles. The smallest absolute Gasteiger partial charge is 0.282 e. The molecule has 2 heterocycles. The van der Waals surface area contributed by atoms with E-state index in [1.54, 1.807) is 0 Å². The van der Waals surface area contributed by atoms with Gasteiger partial charge in [-0.3, -0.25) is 9.59 Å². The van der Waals surface area contributed by atoms with Crippen LogP contribution in [-0.4, -0.2) is 29.8 Å². The van der Waals surface area contributed by atoms with Crippen molar-refractivity contribution in [3.05, 3.63) is 70.4 Å². The van der Waals surface area contributed by atoms with Crippen LogP contribution >= 0.6 is 0 Å². The van der Waals surface area contributed by atoms with Crippen LogP contribution in [0.4, 0.5) is 5.69 Å². The van der Waals surface area contributed by atoms with Crippen molar-refractivity contribution >= 4 is 23.1 Å². The second kappa shape index (κ2) is 8.57. The maximum Gasteiger partial charge on any atom is 0.282 e. The van der Waals surface area contributed by atoms with Crippen molar-refractivity contribution < 1.29 is 9.59 Å². The van der Waals surface area contributed by atoms with Gasteiger partial charge in [-0.1, -0.05) is 63.6 Å². The second-order valence-electron chi connectivity index (χ2n) is 10.1. The lowest BCUT2D eigenvalue weighted by Gasteiger charge is -2.37. The largest absolute Gasteiger partial charge is 0.366 e. The fourth-order valence-corrected chi connectivity index (χ4v) is 5.24. The Morgan fingerprint density at radius 2 is 1.50 bits per heavy atom. The van der Waals surface area contributed by atoms with Gasteiger partial charge in [0.1, 0.15) is 5.70 Å². The van der Waals surface area contributed by atoms with Crippen LogP contribution in [0.2, 0.25) is 0 Å². The van der Waals surface area contributed by atoms with E-state index in [0.29, 0.717) is 34.7 Å². The minimum Gasteiger partial charge on any atom is -0.366 e. The van der Waals surface area contributed by atoms with E-state index in [-0.39, 0.29) is 11.8 Å². The average molecular weight is 431 g/mol. The molecule has 32 heavy (non-hydrogen) atoms. The number of amides is 2. The van der Waals surface area contributed by atoms with Crippen LogP contribution in [-0.2, 0) is 9.59 Å². The maximum atomic E-state index is 13.8. The molecule has 1 fully saturated rings. The van der Waals surface area contributed by atoms with Crippen LogP contribution in [0.15, 0.2) is 48.2 Å². The summed E-state index contributed by atoms with van der Waals surface area (Å²) < 4.78 is 0. The number of likely N-dealkylation sites (tertiary alicyclic amines) is 1. The van der Waals surface area contributed by atoms with Gasteiger partial charge in [0.2, 0.25) is 0 Å². The Morgan fingerprint density at radius 1 is 0.875 bits per heavy atom. The molecule has 4 rings (SSSR count). The van der Waals surface area contributed by atoms with E-state index in [1.165, 1.54) is 10.5 Å². The number of hydrogen-bond acceptors (Lipinski definition) is 3. The van der Waals surface area contributed by atoms with Gasteiger partial charge in [-0.15, -0.1) is 0 Å². The summed E-state index contributed by atoms with van der Waals surface area (Å²) in [7, 11) is 0. The molecular weight excluding hydrogens is 396 g/mol. The van der Waals surface area contributed by atoms with Gasteiger partial charge in [-0.25, -0.2) is 4.90 Å². The molecule has 2 aliphatic heterocycles. The topological polar surface area (TPSA) is 40.6 Å². The molecule has 0 radical (unpaired) electrons. The molecule has 168 valence electrons. The fourth-order valence-electron chi connectivity index (χ4n) is 5.24. The molecule has 0 saturated carbocycles. The summed E-state index contributed by atoms with van der Waals surface area (Å²) in [5.74, 6) is 0.927. The molecule has 4 nitrogen and oxygen atoms in total. The highest BCUT2D eigenvalue weighted by atomic mass is 16.2. The lowest BCUT2D eigenvalue weighted by Crippen LogP contribution is -2.42. The van der Waals surface area contributed by atoms with Gasteiger partial charge in [-0.05, 0) is 66.8 Å². The SMILES string of the molecule is Cc1ccc(C2=C(N3CC(C)CC(C)C3)C(=O)N(c3ccc(C(C)C)cc3)C2=O)c(C)c1. The Bertz CT molecular complexity index is 1070. The summed E-state index contributed by atoms with van der Waals surface area (Å²) in [5.41, 5.74) is 5.96. The number of piperidine rings is 1. The molecule has 2 aliphatic rings. The zero-order valence-electron chi connectivity index (χ0n) is 20.1. The van der Waals surface area contributed by atoms with Gasteiger partial charge in [0.05, 0.1) is 11.3 Å². The van der Waals surface area contributed by atoms with E-state index in [0.717, 1.165) is 36.2 Å². The molecule has 2 aromatic carbocycles. The number of carbonyl (C=O) groups is 2.